The smallest absolute Gasteiger partial charge is 0.173 e. The Morgan fingerprint density at radius 2 is 1.84 bits per heavy atom. The van der Waals surface area contributed by atoms with E-state index in [-0.39, 0.29) is 0 Å². The first-order valence-corrected chi connectivity index (χ1v) is 11.3. The lowest BCUT2D eigenvalue weighted by molar-refractivity contribution is 0.161. The van der Waals surface area contributed by atoms with Crippen molar-refractivity contribution >= 4 is 34.6 Å². The molecule has 0 bridgehead atoms. The summed E-state index contributed by atoms with van der Waals surface area (Å²) in [7, 11) is 2.04. The molecule has 8 heteroatoms. The summed E-state index contributed by atoms with van der Waals surface area (Å²) >= 11 is 11.5. The van der Waals surface area contributed by atoms with E-state index < -0.39 is 11.6 Å². The van der Waals surface area contributed by atoms with Crippen LogP contribution in [0.25, 0.3) is 0 Å². The fraction of sp³-hybridized carbons (Fsp3) is 0.435. The Kier molecular flexibility index (Phi) is 8.87. The number of nitrogens with zero attached hydrogens (tertiary/aromatic N) is 2. The minimum atomic E-state index is -0.881. The highest BCUT2D eigenvalue weighted by Crippen LogP contribution is 2.19. The third-order valence-electron chi connectivity index (χ3n) is 5.55. The third-order valence-corrected chi connectivity index (χ3v) is 6.19. The Morgan fingerprint density at radius 1 is 1.13 bits per heavy atom. The minimum absolute atomic E-state index is 0.367. The maximum Gasteiger partial charge on any atom is 0.173 e. The van der Waals surface area contributed by atoms with Gasteiger partial charge in [-0.2, -0.15) is 0 Å². The molecule has 0 radical (unpaired) electrons. The molecule has 0 saturated carbocycles. The first kappa shape index (κ1) is 23.7. The molecule has 0 unspecified atom stereocenters. The van der Waals surface area contributed by atoms with E-state index in [2.05, 4.69) is 15.1 Å². The van der Waals surface area contributed by atoms with E-state index in [0.717, 1.165) is 68.3 Å². The zero-order chi connectivity index (χ0) is 22.2. The highest BCUT2D eigenvalue weighted by atomic mass is 35.5. The van der Waals surface area contributed by atoms with Gasteiger partial charge in [-0.05, 0) is 80.8 Å². The minimum Gasteiger partial charge on any atom is -0.493 e. The number of hydrogen-bond acceptors (Lipinski definition) is 3. The third kappa shape index (κ3) is 7.30. The van der Waals surface area contributed by atoms with E-state index in [1.54, 1.807) is 0 Å². The first-order valence-electron chi connectivity index (χ1n) is 10.5. The Balaban J connectivity index is 1.31. The molecule has 1 N–H and O–H groups in total. The number of benzene rings is 2. The molecule has 1 aliphatic heterocycles. The van der Waals surface area contributed by atoms with Crippen molar-refractivity contribution in [1.82, 2.24) is 9.80 Å². The van der Waals surface area contributed by atoms with Crippen molar-refractivity contribution in [2.75, 3.05) is 38.6 Å². The summed E-state index contributed by atoms with van der Waals surface area (Å²) in [6.45, 7) is 3.56. The summed E-state index contributed by atoms with van der Waals surface area (Å²) in [5.74, 6) is -1.37. The summed E-state index contributed by atoms with van der Waals surface area (Å²) in [4.78, 5) is 4.61. The molecule has 4 nitrogen and oxygen atoms in total. The molecule has 3 rings (SSSR count). The van der Waals surface area contributed by atoms with Gasteiger partial charge in [-0.25, -0.2) is 8.78 Å². The van der Waals surface area contributed by atoms with Crippen LogP contribution in [-0.4, -0.2) is 54.2 Å². The fourth-order valence-electron chi connectivity index (χ4n) is 3.64. The van der Waals surface area contributed by atoms with Gasteiger partial charge in [-0.3, -0.25) is 0 Å². The molecular weight excluding hydrogens is 440 g/mol. The molecule has 0 aromatic heterocycles. The van der Waals surface area contributed by atoms with Crippen molar-refractivity contribution < 1.29 is 13.5 Å². The lowest BCUT2D eigenvalue weighted by Crippen LogP contribution is -2.47. The van der Waals surface area contributed by atoms with Gasteiger partial charge >= 0.3 is 0 Å². The number of halogens is 3. The molecule has 31 heavy (non-hydrogen) atoms. The van der Waals surface area contributed by atoms with Gasteiger partial charge in [0.25, 0.3) is 0 Å². The average molecular weight is 468 g/mol. The quantitative estimate of drug-likeness (QED) is 0.404. The number of anilines is 1. The van der Waals surface area contributed by atoms with Crippen LogP contribution < -0.4 is 10.1 Å². The van der Waals surface area contributed by atoms with Crippen LogP contribution in [0.5, 0.6) is 5.75 Å². The van der Waals surface area contributed by atoms with E-state index in [1.807, 2.05) is 31.3 Å². The molecule has 0 atom stereocenters. The number of likely N-dealkylation sites (tertiary alicyclic amines) is 1. The van der Waals surface area contributed by atoms with Gasteiger partial charge in [0.05, 0.1) is 6.61 Å². The standard InChI is InChI=1S/C23H28ClF2N3OS/c1-28(23(31)27-18-6-4-17(24)5-7-18)19-10-13-29(14-11-19)12-2-3-15-30-20-8-9-21(25)22(26)16-20/h4-9,16,19H,2-3,10-15H2,1H3,(H,27,31). The summed E-state index contributed by atoms with van der Waals surface area (Å²) in [6.07, 6.45) is 3.99. The zero-order valence-corrected chi connectivity index (χ0v) is 19.2. The van der Waals surface area contributed by atoms with Crippen LogP contribution in [-0.2, 0) is 0 Å². The number of unbranched alkanes of at least 4 members (excludes halogenated alkanes) is 1. The largest absolute Gasteiger partial charge is 0.493 e. The molecule has 0 aliphatic carbocycles. The van der Waals surface area contributed by atoms with Crippen LogP contribution in [0.3, 0.4) is 0 Å². The Hall–Kier alpha value is -1.96. The molecular formula is C23H28ClF2N3OS. The predicted octanol–water partition coefficient (Wildman–Crippen LogP) is 5.57. The van der Waals surface area contributed by atoms with E-state index in [1.165, 1.54) is 6.07 Å². The van der Waals surface area contributed by atoms with E-state index in [9.17, 15) is 8.78 Å². The molecule has 1 saturated heterocycles. The second-order valence-electron chi connectivity index (χ2n) is 7.75. The van der Waals surface area contributed by atoms with Crippen LogP contribution in [0.2, 0.25) is 5.02 Å². The maximum atomic E-state index is 13.2. The molecule has 0 spiro atoms. The van der Waals surface area contributed by atoms with Gasteiger partial charge in [0.15, 0.2) is 16.7 Å². The second-order valence-corrected chi connectivity index (χ2v) is 8.58. The monoisotopic (exact) mass is 467 g/mol. The summed E-state index contributed by atoms with van der Waals surface area (Å²) in [5, 5.41) is 4.69. The summed E-state index contributed by atoms with van der Waals surface area (Å²) in [5.41, 5.74) is 0.935. The number of ether oxygens (including phenoxy) is 1. The number of nitrogens with one attached hydrogen (secondary N) is 1. The predicted molar refractivity (Wildman–Crippen MR) is 126 cm³/mol. The topological polar surface area (TPSA) is 27.7 Å². The van der Waals surface area contributed by atoms with E-state index >= 15 is 0 Å². The SMILES string of the molecule is CN(C(=S)Nc1ccc(Cl)cc1)C1CCN(CCCCOc2ccc(F)c(F)c2)CC1. The van der Waals surface area contributed by atoms with Crippen LogP contribution in [0, 0.1) is 11.6 Å². The number of thiocarbonyl (C=S) groups is 1. The summed E-state index contributed by atoms with van der Waals surface area (Å²) < 4.78 is 31.6. The molecule has 1 heterocycles. The van der Waals surface area contributed by atoms with Crippen molar-refractivity contribution in [2.24, 2.45) is 0 Å². The van der Waals surface area contributed by atoms with Crippen LogP contribution in [0.15, 0.2) is 42.5 Å². The Morgan fingerprint density at radius 3 is 2.52 bits per heavy atom. The maximum absolute atomic E-state index is 13.2. The normalized spacial score (nSPS) is 15.0. The molecule has 1 aliphatic rings. The van der Waals surface area contributed by atoms with Gasteiger partial charge in [0.2, 0.25) is 0 Å². The van der Waals surface area contributed by atoms with Gasteiger partial charge in [-0.1, -0.05) is 11.6 Å². The van der Waals surface area contributed by atoms with Crippen molar-refractivity contribution in [3.05, 3.63) is 59.1 Å². The van der Waals surface area contributed by atoms with Crippen molar-refractivity contribution in [3.63, 3.8) is 0 Å². The van der Waals surface area contributed by atoms with Crippen LogP contribution in [0.1, 0.15) is 25.7 Å². The molecule has 2 aromatic carbocycles. The van der Waals surface area contributed by atoms with Crippen molar-refractivity contribution in [1.29, 1.82) is 0 Å². The number of piperidine rings is 1. The van der Waals surface area contributed by atoms with Gasteiger partial charge in [0, 0.05) is 43.0 Å². The Labute approximate surface area is 193 Å². The summed E-state index contributed by atoms with van der Waals surface area (Å²) in [6, 6.07) is 11.6. The van der Waals surface area contributed by atoms with E-state index in [0.29, 0.717) is 23.4 Å². The Bertz CT molecular complexity index is 860. The van der Waals surface area contributed by atoms with Gasteiger partial charge in [0.1, 0.15) is 5.75 Å². The van der Waals surface area contributed by atoms with Crippen LogP contribution in [0.4, 0.5) is 14.5 Å². The van der Waals surface area contributed by atoms with E-state index in [4.69, 9.17) is 28.6 Å². The molecule has 2 aromatic rings. The van der Waals surface area contributed by atoms with Gasteiger partial charge in [-0.15, -0.1) is 0 Å². The molecule has 0 amide bonds. The first-order chi connectivity index (χ1) is 14.9. The molecule has 168 valence electrons. The average Bonchev–Trinajstić information content (AvgIpc) is 2.77. The van der Waals surface area contributed by atoms with Crippen LogP contribution >= 0.6 is 23.8 Å². The lowest BCUT2D eigenvalue weighted by Gasteiger charge is -2.38. The highest BCUT2D eigenvalue weighted by molar-refractivity contribution is 7.80. The number of rotatable bonds is 8. The van der Waals surface area contributed by atoms with Gasteiger partial charge < -0.3 is 19.9 Å². The van der Waals surface area contributed by atoms with Crippen molar-refractivity contribution in [2.45, 2.75) is 31.7 Å². The fourth-order valence-corrected chi connectivity index (χ4v) is 4.03. The molecule has 1 fully saturated rings. The second kappa shape index (κ2) is 11.6. The zero-order valence-electron chi connectivity index (χ0n) is 17.6. The highest BCUT2D eigenvalue weighted by Gasteiger charge is 2.23. The van der Waals surface area contributed by atoms with Crippen molar-refractivity contribution in [3.8, 4) is 5.75 Å². The lowest BCUT2D eigenvalue weighted by atomic mass is 10.0. The number of hydrogen-bond donors (Lipinski definition) is 1.